The van der Waals surface area contributed by atoms with E-state index in [2.05, 4.69) is 0 Å². The van der Waals surface area contributed by atoms with Crippen LogP contribution in [0.25, 0.3) is 0 Å². The van der Waals surface area contributed by atoms with Crippen LogP contribution >= 0.6 is 0 Å². The summed E-state index contributed by atoms with van der Waals surface area (Å²) >= 11 is 0. The van der Waals surface area contributed by atoms with Crippen LogP contribution in [0.2, 0.25) is 6.82 Å². The van der Waals surface area contributed by atoms with Crippen molar-refractivity contribution in [1.29, 1.82) is 0 Å². The van der Waals surface area contributed by atoms with Gasteiger partial charge in [-0.2, -0.15) is 0 Å². The molecule has 0 aliphatic carbocycles. The van der Waals surface area contributed by atoms with Gasteiger partial charge in [-0.3, -0.25) is 14.9 Å². The van der Waals surface area contributed by atoms with E-state index in [0.717, 1.165) is 0 Å². The van der Waals surface area contributed by atoms with Crippen LogP contribution in [-0.2, 0) is 0 Å². The van der Waals surface area contributed by atoms with E-state index in [9.17, 15) is 20.0 Å². The summed E-state index contributed by atoms with van der Waals surface area (Å²) in [6, 6.07) is 2.71. The second kappa shape index (κ2) is 3.91. The number of hydrogen-bond acceptors (Lipinski definition) is 4. The van der Waals surface area contributed by atoms with Gasteiger partial charge in [0, 0.05) is 6.07 Å². The number of hydrogen-bond donors (Lipinski definition) is 1. The number of nitro benzene ring substituents is 1. The topological polar surface area (TPSA) is 80.4 Å². The maximum absolute atomic E-state index is 10.5. The number of aldehydes is 1. The number of benzene rings is 1. The molecule has 1 aromatic carbocycles. The molecule has 0 fully saturated rings. The van der Waals surface area contributed by atoms with Gasteiger partial charge in [-0.05, 0) is 0 Å². The number of phenols is 1. The lowest BCUT2D eigenvalue weighted by Crippen LogP contribution is -2.12. The number of carbonyl (C=O) groups is 1. The highest BCUT2D eigenvalue weighted by molar-refractivity contribution is 6.52. The van der Waals surface area contributed by atoms with Crippen LogP contribution in [0.3, 0.4) is 0 Å². The van der Waals surface area contributed by atoms with Gasteiger partial charge in [0.25, 0.3) is 0 Å². The third-order valence-corrected chi connectivity index (χ3v) is 1.91. The molecule has 0 amide bonds. The van der Waals surface area contributed by atoms with E-state index in [1.807, 2.05) is 6.82 Å². The summed E-state index contributed by atoms with van der Waals surface area (Å²) in [6.07, 6.45) is 0.404. The quantitative estimate of drug-likeness (QED) is 0.322. The van der Waals surface area contributed by atoms with Crippen LogP contribution in [0, 0.1) is 10.1 Å². The average molecular weight is 193 g/mol. The number of phenolic OH excluding ortho intramolecular Hbond substituents is 1. The molecule has 0 saturated carbocycles. The Morgan fingerprint density at radius 2 is 2.21 bits per heavy atom. The van der Waals surface area contributed by atoms with Crippen molar-refractivity contribution >= 4 is 24.7 Å². The fourth-order valence-corrected chi connectivity index (χ4v) is 1.13. The van der Waals surface area contributed by atoms with Crippen LogP contribution in [0.1, 0.15) is 10.4 Å². The molecule has 0 unspecified atom stereocenters. The molecule has 0 saturated heterocycles. The zero-order valence-corrected chi connectivity index (χ0v) is 7.56. The Morgan fingerprint density at radius 3 is 2.64 bits per heavy atom. The normalized spacial score (nSPS) is 9.50. The summed E-state index contributed by atoms with van der Waals surface area (Å²) in [5, 5.41) is 19.8. The van der Waals surface area contributed by atoms with Crippen molar-refractivity contribution in [3.63, 3.8) is 0 Å². The highest BCUT2D eigenvalue weighted by Gasteiger charge is 2.17. The molecule has 1 aromatic rings. The lowest BCUT2D eigenvalue weighted by molar-refractivity contribution is -0.385. The molecule has 0 heterocycles. The van der Waals surface area contributed by atoms with Crippen molar-refractivity contribution < 1.29 is 14.8 Å². The zero-order valence-electron chi connectivity index (χ0n) is 7.56. The molecule has 0 radical (unpaired) electrons. The van der Waals surface area contributed by atoms with Crippen LogP contribution in [0.5, 0.6) is 5.75 Å². The predicted molar refractivity (Wildman–Crippen MR) is 52.8 cm³/mol. The third kappa shape index (κ3) is 1.73. The van der Waals surface area contributed by atoms with Gasteiger partial charge in [0.1, 0.15) is 0 Å². The number of rotatable bonds is 3. The molecule has 1 rings (SSSR count). The van der Waals surface area contributed by atoms with Gasteiger partial charge in [0.05, 0.1) is 10.5 Å². The molecular formula is C8H8BNO4. The van der Waals surface area contributed by atoms with Crippen molar-refractivity contribution in [1.82, 2.24) is 0 Å². The lowest BCUT2D eigenvalue weighted by Gasteiger charge is -2.01. The molecule has 5 nitrogen and oxygen atoms in total. The summed E-state index contributed by atoms with van der Waals surface area (Å²) in [7, 11) is 0.571. The van der Waals surface area contributed by atoms with E-state index < -0.39 is 16.4 Å². The van der Waals surface area contributed by atoms with Crippen LogP contribution in [0.4, 0.5) is 5.69 Å². The summed E-state index contributed by atoms with van der Waals surface area (Å²) < 4.78 is 0. The van der Waals surface area contributed by atoms with E-state index in [4.69, 9.17) is 0 Å². The largest absolute Gasteiger partial charge is 0.502 e. The van der Waals surface area contributed by atoms with Gasteiger partial charge < -0.3 is 5.11 Å². The molecule has 14 heavy (non-hydrogen) atoms. The lowest BCUT2D eigenvalue weighted by atomic mass is 9.72. The molecule has 0 atom stereocenters. The summed E-state index contributed by atoms with van der Waals surface area (Å²) in [5.74, 6) is -0.567. The van der Waals surface area contributed by atoms with Crippen LogP contribution in [-0.4, -0.2) is 23.6 Å². The fourth-order valence-electron chi connectivity index (χ4n) is 1.13. The Balaban J connectivity index is 3.41. The van der Waals surface area contributed by atoms with Gasteiger partial charge in [-0.25, -0.2) is 0 Å². The Bertz CT molecular complexity index is 391. The number of nitrogens with zero attached hydrogens (tertiary/aromatic N) is 1. The molecular weight excluding hydrogens is 185 g/mol. The third-order valence-electron chi connectivity index (χ3n) is 1.91. The SMILES string of the molecule is CBc1cc(C=O)c(O)c([N+](=O)[O-])c1. The molecule has 0 aromatic heterocycles. The maximum atomic E-state index is 10.5. The zero-order chi connectivity index (χ0) is 10.7. The summed E-state index contributed by atoms with van der Waals surface area (Å²) in [5.41, 5.74) is 0.180. The highest BCUT2D eigenvalue weighted by Crippen LogP contribution is 2.26. The Hall–Kier alpha value is -1.85. The van der Waals surface area contributed by atoms with E-state index in [1.165, 1.54) is 12.1 Å². The molecule has 0 aliphatic heterocycles. The van der Waals surface area contributed by atoms with Crippen molar-refractivity contribution in [2.75, 3.05) is 0 Å². The molecule has 0 aliphatic rings. The maximum Gasteiger partial charge on any atom is 0.310 e. The second-order valence-electron chi connectivity index (χ2n) is 2.78. The minimum Gasteiger partial charge on any atom is -0.502 e. The number of aromatic hydroxyl groups is 1. The Kier molecular flexibility index (Phi) is 2.86. The standard InChI is InChI=1S/C8H8BNO4/c1-9-6-2-5(4-11)8(12)7(3-6)10(13)14/h2-4,9,12H,1H3. The van der Waals surface area contributed by atoms with Gasteiger partial charge in [-0.15, -0.1) is 0 Å². The second-order valence-corrected chi connectivity index (χ2v) is 2.78. The van der Waals surface area contributed by atoms with Crippen molar-refractivity contribution in [3.8, 4) is 5.75 Å². The molecule has 72 valence electrons. The van der Waals surface area contributed by atoms with Gasteiger partial charge in [-0.1, -0.05) is 18.4 Å². The van der Waals surface area contributed by atoms with Gasteiger partial charge >= 0.3 is 5.69 Å². The van der Waals surface area contributed by atoms with E-state index >= 15 is 0 Å². The fraction of sp³-hybridized carbons (Fsp3) is 0.125. The van der Waals surface area contributed by atoms with Crippen molar-refractivity contribution in [2.24, 2.45) is 0 Å². The first-order valence-electron chi connectivity index (χ1n) is 4.05. The summed E-state index contributed by atoms with van der Waals surface area (Å²) in [6.45, 7) is 1.81. The van der Waals surface area contributed by atoms with Crippen LogP contribution in [0.15, 0.2) is 12.1 Å². The number of nitro groups is 1. The predicted octanol–water partition coefficient (Wildman–Crippen LogP) is 0.223. The first-order chi connectivity index (χ1) is 6.60. The first kappa shape index (κ1) is 10.2. The first-order valence-corrected chi connectivity index (χ1v) is 4.05. The van der Waals surface area contributed by atoms with Crippen molar-refractivity contribution in [2.45, 2.75) is 6.82 Å². The van der Waals surface area contributed by atoms with E-state index in [-0.39, 0.29) is 5.56 Å². The minimum absolute atomic E-state index is 0.0453. The van der Waals surface area contributed by atoms with Gasteiger partial charge in [0.2, 0.25) is 5.75 Å². The monoisotopic (exact) mass is 193 g/mol. The molecule has 0 bridgehead atoms. The van der Waals surface area contributed by atoms with Crippen LogP contribution < -0.4 is 5.46 Å². The minimum atomic E-state index is -0.707. The van der Waals surface area contributed by atoms with E-state index in [0.29, 0.717) is 19.0 Å². The molecule has 1 N–H and O–H groups in total. The smallest absolute Gasteiger partial charge is 0.310 e. The molecule has 0 spiro atoms. The van der Waals surface area contributed by atoms with Crippen molar-refractivity contribution in [3.05, 3.63) is 27.8 Å². The average Bonchev–Trinajstić information content (AvgIpc) is 2.17. The highest BCUT2D eigenvalue weighted by atomic mass is 16.6. The summed E-state index contributed by atoms with van der Waals surface area (Å²) in [4.78, 5) is 20.3. The molecule has 6 heteroatoms. The number of carbonyl (C=O) groups excluding carboxylic acids is 1. The van der Waals surface area contributed by atoms with Gasteiger partial charge in [0.15, 0.2) is 13.6 Å². The van der Waals surface area contributed by atoms with E-state index in [1.54, 1.807) is 0 Å². The Morgan fingerprint density at radius 1 is 1.57 bits per heavy atom. The Labute approximate surface area is 80.8 Å².